The van der Waals surface area contributed by atoms with Gasteiger partial charge in [-0.2, -0.15) is 0 Å². The molecule has 2 rings (SSSR count). The Morgan fingerprint density at radius 2 is 2.00 bits per heavy atom. The van der Waals surface area contributed by atoms with Crippen LogP contribution in [-0.2, 0) is 11.3 Å². The Kier molecular flexibility index (Phi) is 4.05. The van der Waals surface area contributed by atoms with Crippen LogP contribution in [0.15, 0.2) is 40.8 Å². The molecule has 1 unspecified atom stereocenters. The summed E-state index contributed by atoms with van der Waals surface area (Å²) in [6, 6.07) is 12.3. The summed E-state index contributed by atoms with van der Waals surface area (Å²) in [6.07, 6.45) is 0. The van der Waals surface area contributed by atoms with Gasteiger partial charge in [-0.3, -0.25) is 0 Å². The molecule has 1 aromatic carbocycles. The maximum absolute atomic E-state index is 5.62. The number of rotatable bonds is 5. The lowest BCUT2D eigenvalue weighted by Crippen LogP contribution is -2.07. The molecule has 96 valence electrons. The summed E-state index contributed by atoms with van der Waals surface area (Å²) in [5.74, 6) is 1.88. The topological polar surface area (TPSA) is 34.4 Å². The molecule has 0 aliphatic rings. The van der Waals surface area contributed by atoms with Gasteiger partial charge in [0.1, 0.15) is 11.5 Å². The number of nitrogens with one attached hydrogen (secondary N) is 1. The number of anilines is 1. The van der Waals surface area contributed by atoms with Gasteiger partial charge < -0.3 is 14.5 Å². The zero-order chi connectivity index (χ0) is 13.0. The molecule has 0 saturated heterocycles. The molecule has 0 aliphatic heterocycles. The standard InChI is InChI=1S/C15H19NO2/c1-11-8-9-15(18-11)12(2)16-14-7-5-4-6-13(14)10-17-3/h4-9,12,16H,10H2,1-3H3. The van der Waals surface area contributed by atoms with Crippen LogP contribution in [0.1, 0.15) is 30.0 Å². The highest BCUT2D eigenvalue weighted by molar-refractivity contribution is 5.51. The van der Waals surface area contributed by atoms with Gasteiger partial charge in [0, 0.05) is 18.4 Å². The Hall–Kier alpha value is -1.74. The van der Waals surface area contributed by atoms with E-state index < -0.39 is 0 Å². The molecular weight excluding hydrogens is 226 g/mol. The molecule has 3 nitrogen and oxygen atoms in total. The minimum Gasteiger partial charge on any atom is -0.464 e. The van der Waals surface area contributed by atoms with Crippen LogP contribution >= 0.6 is 0 Å². The van der Waals surface area contributed by atoms with Gasteiger partial charge in [-0.25, -0.2) is 0 Å². The van der Waals surface area contributed by atoms with Gasteiger partial charge in [-0.05, 0) is 32.0 Å². The quantitative estimate of drug-likeness (QED) is 0.867. The summed E-state index contributed by atoms with van der Waals surface area (Å²) < 4.78 is 10.8. The lowest BCUT2D eigenvalue weighted by molar-refractivity contribution is 0.185. The van der Waals surface area contributed by atoms with Crippen LogP contribution in [-0.4, -0.2) is 7.11 Å². The molecular formula is C15H19NO2. The van der Waals surface area contributed by atoms with E-state index in [0.717, 1.165) is 22.8 Å². The molecule has 0 radical (unpaired) electrons. The van der Waals surface area contributed by atoms with E-state index in [1.165, 1.54) is 0 Å². The number of benzene rings is 1. The van der Waals surface area contributed by atoms with Crippen LogP contribution in [0.4, 0.5) is 5.69 Å². The van der Waals surface area contributed by atoms with Gasteiger partial charge in [0.05, 0.1) is 12.6 Å². The van der Waals surface area contributed by atoms with E-state index in [4.69, 9.17) is 9.15 Å². The zero-order valence-corrected chi connectivity index (χ0v) is 11.1. The molecule has 0 fully saturated rings. The third kappa shape index (κ3) is 2.93. The monoisotopic (exact) mass is 245 g/mol. The van der Waals surface area contributed by atoms with Gasteiger partial charge in [0.2, 0.25) is 0 Å². The summed E-state index contributed by atoms with van der Waals surface area (Å²) >= 11 is 0. The van der Waals surface area contributed by atoms with Crippen molar-refractivity contribution >= 4 is 5.69 Å². The zero-order valence-electron chi connectivity index (χ0n) is 11.1. The summed E-state index contributed by atoms with van der Waals surface area (Å²) in [4.78, 5) is 0. The Bertz CT molecular complexity index is 505. The number of para-hydroxylation sites is 1. The molecule has 18 heavy (non-hydrogen) atoms. The van der Waals surface area contributed by atoms with Crippen molar-refractivity contribution in [3.05, 3.63) is 53.5 Å². The Morgan fingerprint density at radius 1 is 1.22 bits per heavy atom. The molecule has 1 heterocycles. The maximum atomic E-state index is 5.62. The molecule has 1 aromatic heterocycles. The summed E-state index contributed by atoms with van der Waals surface area (Å²) in [5.41, 5.74) is 2.23. The predicted molar refractivity (Wildman–Crippen MR) is 72.6 cm³/mol. The number of hydrogen-bond donors (Lipinski definition) is 1. The van der Waals surface area contributed by atoms with Crippen LogP contribution in [0.5, 0.6) is 0 Å². The van der Waals surface area contributed by atoms with Crippen molar-refractivity contribution in [2.75, 3.05) is 12.4 Å². The average molecular weight is 245 g/mol. The molecule has 0 saturated carbocycles. The largest absolute Gasteiger partial charge is 0.464 e. The average Bonchev–Trinajstić information content (AvgIpc) is 2.79. The fourth-order valence-corrected chi connectivity index (χ4v) is 1.93. The molecule has 2 aromatic rings. The molecule has 1 N–H and O–H groups in total. The smallest absolute Gasteiger partial charge is 0.126 e. The second-order valence-electron chi connectivity index (χ2n) is 4.40. The highest BCUT2D eigenvalue weighted by Gasteiger charge is 2.11. The van der Waals surface area contributed by atoms with Crippen LogP contribution in [0.2, 0.25) is 0 Å². The fraction of sp³-hybridized carbons (Fsp3) is 0.333. The lowest BCUT2D eigenvalue weighted by Gasteiger charge is -2.16. The van der Waals surface area contributed by atoms with Gasteiger partial charge in [0.15, 0.2) is 0 Å². The Balaban J connectivity index is 2.13. The molecule has 0 bridgehead atoms. The number of methoxy groups -OCH3 is 1. The van der Waals surface area contributed by atoms with E-state index >= 15 is 0 Å². The molecule has 1 atom stereocenters. The molecule has 0 spiro atoms. The Labute approximate surface area is 108 Å². The van der Waals surface area contributed by atoms with Crippen LogP contribution in [0.25, 0.3) is 0 Å². The van der Waals surface area contributed by atoms with Crippen molar-refractivity contribution in [3.63, 3.8) is 0 Å². The SMILES string of the molecule is COCc1ccccc1NC(C)c1ccc(C)o1. The van der Waals surface area contributed by atoms with E-state index in [0.29, 0.717) is 6.61 Å². The first-order valence-electron chi connectivity index (χ1n) is 6.10. The molecule has 0 aliphatic carbocycles. The summed E-state index contributed by atoms with van der Waals surface area (Å²) in [5, 5.41) is 3.45. The van der Waals surface area contributed by atoms with E-state index in [9.17, 15) is 0 Å². The number of aryl methyl sites for hydroxylation is 1. The number of hydrogen-bond acceptors (Lipinski definition) is 3. The predicted octanol–water partition coefficient (Wildman–Crippen LogP) is 3.91. The van der Waals surface area contributed by atoms with Gasteiger partial charge in [-0.15, -0.1) is 0 Å². The van der Waals surface area contributed by atoms with Crippen LogP contribution in [0, 0.1) is 6.92 Å². The lowest BCUT2D eigenvalue weighted by atomic mass is 10.1. The summed E-state index contributed by atoms with van der Waals surface area (Å²) in [6.45, 7) is 4.64. The van der Waals surface area contributed by atoms with Crippen molar-refractivity contribution < 1.29 is 9.15 Å². The van der Waals surface area contributed by atoms with Crippen molar-refractivity contribution in [1.29, 1.82) is 0 Å². The van der Waals surface area contributed by atoms with Crippen molar-refractivity contribution in [2.24, 2.45) is 0 Å². The van der Waals surface area contributed by atoms with Gasteiger partial charge >= 0.3 is 0 Å². The number of ether oxygens (including phenoxy) is 1. The minimum atomic E-state index is 0.136. The van der Waals surface area contributed by atoms with E-state index in [-0.39, 0.29) is 6.04 Å². The van der Waals surface area contributed by atoms with E-state index in [1.54, 1.807) is 7.11 Å². The minimum absolute atomic E-state index is 0.136. The summed E-state index contributed by atoms with van der Waals surface area (Å²) in [7, 11) is 1.70. The first-order chi connectivity index (χ1) is 8.70. The first-order valence-corrected chi connectivity index (χ1v) is 6.10. The normalized spacial score (nSPS) is 12.4. The Morgan fingerprint density at radius 3 is 2.67 bits per heavy atom. The maximum Gasteiger partial charge on any atom is 0.126 e. The van der Waals surface area contributed by atoms with Gasteiger partial charge in [0.25, 0.3) is 0 Å². The highest BCUT2D eigenvalue weighted by atomic mass is 16.5. The third-order valence-corrected chi connectivity index (χ3v) is 2.88. The van der Waals surface area contributed by atoms with Crippen molar-refractivity contribution in [2.45, 2.75) is 26.5 Å². The van der Waals surface area contributed by atoms with Crippen molar-refractivity contribution in [3.8, 4) is 0 Å². The van der Waals surface area contributed by atoms with Gasteiger partial charge in [-0.1, -0.05) is 18.2 Å². The third-order valence-electron chi connectivity index (χ3n) is 2.88. The van der Waals surface area contributed by atoms with Crippen LogP contribution < -0.4 is 5.32 Å². The van der Waals surface area contributed by atoms with E-state index in [2.05, 4.69) is 24.4 Å². The molecule has 0 amide bonds. The number of furan rings is 1. The highest BCUT2D eigenvalue weighted by Crippen LogP contribution is 2.24. The second-order valence-corrected chi connectivity index (χ2v) is 4.40. The first kappa shape index (κ1) is 12.7. The van der Waals surface area contributed by atoms with Crippen LogP contribution in [0.3, 0.4) is 0 Å². The molecule has 3 heteroatoms. The van der Waals surface area contributed by atoms with Crippen molar-refractivity contribution in [1.82, 2.24) is 0 Å². The second kappa shape index (κ2) is 5.74. The van der Waals surface area contributed by atoms with E-state index in [1.807, 2.05) is 31.2 Å². The fourth-order valence-electron chi connectivity index (χ4n) is 1.93.